The second kappa shape index (κ2) is 13.6. The van der Waals surface area contributed by atoms with Crippen LogP contribution in [0.15, 0.2) is 30.0 Å². The minimum atomic E-state index is 0.258. The maximum Gasteiger partial charge on any atom is 0.138 e. The van der Waals surface area contributed by atoms with Gasteiger partial charge in [0.25, 0.3) is 0 Å². The summed E-state index contributed by atoms with van der Waals surface area (Å²) in [5.74, 6) is 0.258. The molecule has 1 aliphatic heterocycles. The van der Waals surface area contributed by atoms with Gasteiger partial charge in [-0.25, -0.2) is 0 Å². The molecule has 1 aromatic rings. The Balaban J connectivity index is 0.000000225. The number of nitrogens with zero attached hydrogens (tertiary/aromatic N) is 4. The lowest BCUT2D eigenvalue weighted by molar-refractivity contribution is 0.270. The summed E-state index contributed by atoms with van der Waals surface area (Å²) < 4.78 is 0. The molecule has 0 spiro atoms. The standard InChI is InChI=1S/C13H17N3O.C12H20N2/c1-2-15-5-7-16(8-6-15)12-9-11(10-14)3-4-13(12)17;1-2-6-11(9-10-13)14-12-7-4-3-5-8-12/h3-4,9,17H,2,5-8H2,1H3;6,12,14H,2-5,7-9H2,1H3/b;11-6+. The Hall–Kier alpha value is -2.70. The molecule has 2 N–H and O–H groups in total. The summed E-state index contributed by atoms with van der Waals surface area (Å²) in [6.07, 6.45) is 10.3. The summed E-state index contributed by atoms with van der Waals surface area (Å²) in [5, 5.41) is 30.9. The van der Waals surface area contributed by atoms with Crippen molar-refractivity contribution >= 4 is 5.69 Å². The minimum absolute atomic E-state index is 0.258. The lowest BCUT2D eigenvalue weighted by Crippen LogP contribution is -2.46. The van der Waals surface area contributed by atoms with E-state index in [-0.39, 0.29) is 5.75 Å². The van der Waals surface area contributed by atoms with E-state index in [9.17, 15) is 5.11 Å². The molecule has 2 aliphatic rings. The predicted molar refractivity (Wildman–Crippen MR) is 126 cm³/mol. The zero-order valence-corrected chi connectivity index (χ0v) is 19.1. The number of aromatic hydroxyl groups is 1. The number of piperazine rings is 1. The number of hydrogen-bond acceptors (Lipinski definition) is 6. The molecule has 1 saturated heterocycles. The molecule has 1 aliphatic carbocycles. The van der Waals surface area contributed by atoms with Crippen molar-refractivity contribution in [2.24, 2.45) is 0 Å². The van der Waals surface area contributed by atoms with Gasteiger partial charge >= 0.3 is 0 Å². The fourth-order valence-corrected chi connectivity index (χ4v) is 4.17. The van der Waals surface area contributed by atoms with Crippen LogP contribution in [0, 0.1) is 22.7 Å². The Morgan fingerprint density at radius 2 is 1.84 bits per heavy atom. The van der Waals surface area contributed by atoms with E-state index in [1.165, 1.54) is 32.1 Å². The number of anilines is 1. The highest BCUT2D eigenvalue weighted by atomic mass is 16.3. The van der Waals surface area contributed by atoms with Gasteiger partial charge in [0.05, 0.1) is 29.8 Å². The van der Waals surface area contributed by atoms with E-state index in [2.05, 4.69) is 47.2 Å². The average Bonchev–Trinajstić information content (AvgIpc) is 2.81. The third-order valence-corrected chi connectivity index (χ3v) is 5.98. The summed E-state index contributed by atoms with van der Waals surface area (Å²) >= 11 is 0. The van der Waals surface area contributed by atoms with Crippen LogP contribution in [0.3, 0.4) is 0 Å². The smallest absolute Gasteiger partial charge is 0.138 e. The largest absolute Gasteiger partial charge is 0.506 e. The topological polar surface area (TPSA) is 86.3 Å². The molecule has 2 fully saturated rings. The van der Waals surface area contributed by atoms with Crippen LogP contribution in [-0.2, 0) is 0 Å². The maximum atomic E-state index is 9.84. The molecule has 0 radical (unpaired) electrons. The molecular formula is C25H37N5O. The van der Waals surface area contributed by atoms with E-state index in [4.69, 9.17) is 10.5 Å². The van der Waals surface area contributed by atoms with Crippen LogP contribution in [0.5, 0.6) is 5.75 Å². The first kappa shape index (κ1) is 24.6. The summed E-state index contributed by atoms with van der Waals surface area (Å²) in [7, 11) is 0. The fraction of sp³-hybridized carbons (Fsp3) is 0.600. The van der Waals surface area contributed by atoms with Gasteiger partial charge in [0, 0.05) is 37.9 Å². The zero-order valence-electron chi connectivity index (χ0n) is 19.1. The van der Waals surface area contributed by atoms with Gasteiger partial charge in [0.15, 0.2) is 0 Å². The van der Waals surface area contributed by atoms with Crippen LogP contribution < -0.4 is 10.2 Å². The molecule has 6 heteroatoms. The highest BCUT2D eigenvalue weighted by molar-refractivity contribution is 5.61. The highest BCUT2D eigenvalue weighted by Gasteiger charge is 2.18. The highest BCUT2D eigenvalue weighted by Crippen LogP contribution is 2.28. The van der Waals surface area contributed by atoms with Crippen LogP contribution in [-0.4, -0.2) is 48.8 Å². The van der Waals surface area contributed by atoms with Gasteiger partial charge in [-0.3, -0.25) is 0 Å². The van der Waals surface area contributed by atoms with Crippen LogP contribution in [0.1, 0.15) is 64.4 Å². The van der Waals surface area contributed by atoms with Gasteiger partial charge in [-0.1, -0.05) is 39.2 Å². The Morgan fingerprint density at radius 1 is 1.13 bits per heavy atom. The van der Waals surface area contributed by atoms with Gasteiger partial charge < -0.3 is 20.2 Å². The minimum Gasteiger partial charge on any atom is -0.506 e. The Morgan fingerprint density at radius 3 is 2.42 bits per heavy atom. The van der Waals surface area contributed by atoms with Crippen molar-refractivity contribution in [2.45, 2.75) is 64.8 Å². The first-order valence-corrected chi connectivity index (χ1v) is 11.6. The van der Waals surface area contributed by atoms with Gasteiger partial charge in [-0.2, -0.15) is 10.5 Å². The quantitative estimate of drug-likeness (QED) is 0.699. The molecule has 1 saturated carbocycles. The molecule has 168 valence electrons. The zero-order chi connectivity index (χ0) is 22.5. The Bertz CT molecular complexity index is 778. The van der Waals surface area contributed by atoms with E-state index in [0.717, 1.165) is 50.5 Å². The summed E-state index contributed by atoms with van der Waals surface area (Å²) in [5.41, 5.74) is 2.50. The number of phenolic OH excluding ortho intramolecular Hbond substituents is 1. The van der Waals surface area contributed by atoms with Gasteiger partial charge in [0.2, 0.25) is 0 Å². The predicted octanol–water partition coefficient (Wildman–Crippen LogP) is 4.52. The van der Waals surface area contributed by atoms with Crippen molar-refractivity contribution in [3.8, 4) is 17.9 Å². The second-order valence-corrected chi connectivity index (χ2v) is 8.19. The van der Waals surface area contributed by atoms with E-state index in [1.807, 2.05) is 0 Å². The maximum absolute atomic E-state index is 9.84. The molecule has 31 heavy (non-hydrogen) atoms. The lowest BCUT2D eigenvalue weighted by atomic mass is 9.95. The fourth-order valence-electron chi connectivity index (χ4n) is 4.17. The molecular weight excluding hydrogens is 386 g/mol. The monoisotopic (exact) mass is 423 g/mol. The summed E-state index contributed by atoms with van der Waals surface area (Å²) in [4.78, 5) is 4.52. The van der Waals surface area contributed by atoms with Crippen molar-refractivity contribution in [1.29, 1.82) is 10.5 Å². The van der Waals surface area contributed by atoms with Crippen molar-refractivity contribution in [3.63, 3.8) is 0 Å². The number of likely N-dealkylation sites (N-methyl/N-ethyl adjacent to an activating group) is 1. The molecule has 6 nitrogen and oxygen atoms in total. The molecule has 1 aromatic carbocycles. The molecule has 0 amide bonds. The number of nitrogens with one attached hydrogen (secondary N) is 1. The van der Waals surface area contributed by atoms with E-state index in [0.29, 0.717) is 18.0 Å². The Kier molecular flexibility index (Phi) is 10.8. The Labute approximate surface area is 187 Å². The lowest BCUT2D eigenvalue weighted by Gasteiger charge is -2.35. The normalized spacial score (nSPS) is 17.8. The van der Waals surface area contributed by atoms with E-state index >= 15 is 0 Å². The molecule has 3 rings (SSSR count). The third kappa shape index (κ3) is 8.15. The van der Waals surface area contributed by atoms with Crippen LogP contribution >= 0.6 is 0 Å². The van der Waals surface area contributed by atoms with Crippen LogP contribution in [0.2, 0.25) is 0 Å². The van der Waals surface area contributed by atoms with Crippen LogP contribution in [0.4, 0.5) is 5.69 Å². The summed E-state index contributed by atoms with van der Waals surface area (Å²) in [6.45, 7) is 9.15. The second-order valence-electron chi connectivity index (χ2n) is 8.19. The number of phenols is 1. The number of benzene rings is 1. The average molecular weight is 424 g/mol. The number of allylic oxidation sites excluding steroid dienone is 2. The molecule has 0 bridgehead atoms. The number of rotatable bonds is 6. The van der Waals surface area contributed by atoms with E-state index in [1.54, 1.807) is 18.2 Å². The third-order valence-electron chi connectivity index (χ3n) is 5.98. The van der Waals surface area contributed by atoms with E-state index < -0.39 is 0 Å². The first-order chi connectivity index (χ1) is 15.1. The number of nitriles is 2. The van der Waals surface area contributed by atoms with Gasteiger partial charge in [-0.15, -0.1) is 0 Å². The number of hydrogen-bond donors (Lipinski definition) is 2. The van der Waals surface area contributed by atoms with Crippen molar-refractivity contribution in [2.75, 3.05) is 37.6 Å². The summed E-state index contributed by atoms with van der Waals surface area (Å²) in [6, 6.07) is 9.94. The van der Waals surface area contributed by atoms with Crippen molar-refractivity contribution in [3.05, 3.63) is 35.5 Å². The van der Waals surface area contributed by atoms with Crippen molar-refractivity contribution in [1.82, 2.24) is 10.2 Å². The molecule has 1 heterocycles. The first-order valence-electron chi connectivity index (χ1n) is 11.6. The van der Waals surface area contributed by atoms with Crippen molar-refractivity contribution < 1.29 is 5.11 Å². The van der Waals surface area contributed by atoms with Gasteiger partial charge in [-0.05, 0) is 44.0 Å². The molecule has 0 atom stereocenters. The molecule has 0 aromatic heterocycles. The van der Waals surface area contributed by atoms with Crippen LogP contribution in [0.25, 0.3) is 0 Å². The van der Waals surface area contributed by atoms with Gasteiger partial charge in [0.1, 0.15) is 5.75 Å². The molecule has 0 unspecified atom stereocenters. The SMILES string of the molecule is CC/C=C(\CC#N)NC1CCCCC1.CCN1CCN(c2cc(C#N)ccc2O)CC1.